The second-order valence-corrected chi connectivity index (χ2v) is 2.66. The fraction of sp³-hybridized carbons (Fsp3) is 0.556. The average molecular weight is 148 g/mol. The molecule has 58 valence electrons. The highest BCUT2D eigenvalue weighted by Gasteiger charge is 2.21. The Hall–Kier alpha value is -1.28. The molecule has 0 unspecified atom stereocenters. The molecule has 0 aromatic rings. The Labute approximate surface area is 67.8 Å². The summed E-state index contributed by atoms with van der Waals surface area (Å²) in [5.74, 6) is 0. The van der Waals surface area contributed by atoms with Crippen LogP contribution in [0.3, 0.4) is 0 Å². The Morgan fingerprint density at radius 2 is 1.91 bits per heavy atom. The van der Waals surface area contributed by atoms with Crippen molar-refractivity contribution in [1.29, 1.82) is 10.5 Å². The lowest BCUT2D eigenvalue weighted by atomic mass is 9.89. The van der Waals surface area contributed by atoms with E-state index in [1.54, 1.807) is 6.92 Å². The van der Waals surface area contributed by atoms with Gasteiger partial charge in [-0.3, -0.25) is 0 Å². The molecule has 0 saturated carbocycles. The summed E-state index contributed by atoms with van der Waals surface area (Å²) in [6, 6.07) is 3.98. The van der Waals surface area contributed by atoms with Gasteiger partial charge < -0.3 is 0 Å². The lowest BCUT2D eigenvalue weighted by Gasteiger charge is -2.08. The number of nitriles is 2. The number of hydrogen-bond acceptors (Lipinski definition) is 2. The molecule has 0 aliphatic heterocycles. The monoisotopic (exact) mass is 148 g/mol. The van der Waals surface area contributed by atoms with Gasteiger partial charge in [0, 0.05) is 0 Å². The van der Waals surface area contributed by atoms with Gasteiger partial charge in [-0.2, -0.15) is 10.5 Å². The first kappa shape index (κ1) is 9.72. The molecule has 0 spiro atoms. The quantitative estimate of drug-likeness (QED) is 0.577. The van der Waals surface area contributed by atoms with Crippen LogP contribution in [0.15, 0.2) is 12.2 Å². The van der Waals surface area contributed by atoms with Crippen LogP contribution >= 0.6 is 0 Å². The zero-order valence-electron chi connectivity index (χ0n) is 6.96. The summed E-state index contributed by atoms with van der Waals surface area (Å²) in [7, 11) is 0. The first-order chi connectivity index (χ1) is 5.18. The number of hydrogen-bond donors (Lipinski definition) is 0. The van der Waals surface area contributed by atoms with Gasteiger partial charge in [-0.1, -0.05) is 12.2 Å². The van der Waals surface area contributed by atoms with E-state index in [1.165, 1.54) is 0 Å². The maximum absolute atomic E-state index is 8.59. The second-order valence-electron chi connectivity index (χ2n) is 2.66. The van der Waals surface area contributed by atoms with E-state index in [0.717, 1.165) is 6.42 Å². The fourth-order valence-corrected chi connectivity index (χ4v) is 0.675. The van der Waals surface area contributed by atoms with E-state index in [2.05, 4.69) is 0 Å². The van der Waals surface area contributed by atoms with Gasteiger partial charge in [0.2, 0.25) is 0 Å². The summed E-state index contributed by atoms with van der Waals surface area (Å²) >= 11 is 0. The molecule has 2 nitrogen and oxygen atoms in total. The lowest BCUT2D eigenvalue weighted by Crippen LogP contribution is -2.09. The van der Waals surface area contributed by atoms with Crippen LogP contribution in [0.25, 0.3) is 0 Å². The minimum atomic E-state index is -0.806. The highest BCUT2D eigenvalue weighted by Crippen LogP contribution is 2.20. The van der Waals surface area contributed by atoms with Gasteiger partial charge in [0.15, 0.2) is 0 Å². The molecule has 0 aromatic heterocycles. The van der Waals surface area contributed by atoms with Gasteiger partial charge in [-0.25, -0.2) is 0 Å². The molecule has 0 amide bonds. The van der Waals surface area contributed by atoms with E-state index in [1.807, 2.05) is 31.2 Å². The molecule has 0 aromatic carbocycles. The van der Waals surface area contributed by atoms with E-state index in [4.69, 9.17) is 10.5 Å². The van der Waals surface area contributed by atoms with Crippen molar-refractivity contribution in [3.05, 3.63) is 12.2 Å². The van der Waals surface area contributed by atoms with Crippen LogP contribution in [0.5, 0.6) is 0 Å². The standard InChI is InChI=1S/C9H12N2/c1-3-4-5-6-9(2,7-10)8-11/h3-4H,5-6H2,1-2H3. The Balaban J connectivity index is 3.94. The Kier molecular flexibility index (Phi) is 4.00. The second kappa shape index (κ2) is 4.52. The van der Waals surface area contributed by atoms with Gasteiger partial charge in [0.1, 0.15) is 5.41 Å². The van der Waals surface area contributed by atoms with Crippen LogP contribution in [0.2, 0.25) is 0 Å². The molecule has 0 radical (unpaired) electrons. The van der Waals surface area contributed by atoms with Gasteiger partial charge in [0.25, 0.3) is 0 Å². The third-order valence-corrected chi connectivity index (χ3v) is 1.54. The van der Waals surface area contributed by atoms with E-state index in [-0.39, 0.29) is 0 Å². The largest absolute Gasteiger partial charge is 0.197 e. The molecule has 0 fully saturated rings. The zero-order chi connectivity index (χ0) is 8.74. The number of nitrogens with zero attached hydrogens (tertiary/aromatic N) is 2. The molecule has 0 N–H and O–H groups in total. The van der Waals surface area contributed by atoms with Crippen molar-refractivity contribution in [3.63, 3.8) is 0 Å². The van der Waals surface area contributed by atoms with Crippen molar-refractivity contribution < 1.29 is 0 Å². The Morgan fingerprint density at radius 1 is 1.36 bits per heavy atom. The smallest absolute Gasteiger partial charge is 0.141 e. The number of allylic oxidation sites excluding steroid dienone is 2. The minimum Gasteiger partial charge on any atom is -0.197 e. The first-order valence-corrected chi connectivity index (χ1v) is 3.62. The summed E-state index contributed by atoms with van der Waals surface area (Å²) in [6.07, 6.45) is 5.31. The van der Waals surface area contributed by atoms with E-state index >= 15 is 0 Å². The highest BCUT2D eigenvalue weighted by molar-refractivity contribution is 5.11. The third-order valence-electron chi connectivity index (χ3n) is 1.54. The lowest BCUT2D eigenvalue weighted by molar-refractivity contribution is 0.534. The van der Waals surface area contributed by atoms with E-state index < -0.39 is 5.41 Å². The maximum Gasteiger partial charge on any atom is 0.141 e. The first-order valence-electron chi connectivity index (χ1n) is 3.62. The van der Waals surface area contributed by atoms with Crippen molar-refractivity contribution in [3.8, 4) is 12.1 Å². The maximum atomic E-state index is 8.59. The van der Waals surface area contributed by atoms with Gasteiger partial charge in [-0.05, 0) is 26.7 Å². The molecule has 0 heterocycles. The molecule has 0 aliphatic carbocycles. The Bertz CT molecular complexity index is 201. The van der Waals surface area contributed by atoms with Gasteiger partial charge >= 0.3 is 0 Å². The van der Waals surface area contributed by atoms with Crippen molar-refractivity contribution in [2.24, 2.45) is 5.41 Å². The molecule has 0 aliphatic rings. The average Bonchev–Trinajstić information content (AvgIpc) is 2.05. The zero-order valence-corrected chi connectivity index (χ0v) is 6.96. The molecule has 11 heavy (non-hydrogen) atoms. The minimum absolute atomic E-state index is 0.615. The van der Waals surface area contributed by atoms with Crippen LogP contribution in [-0.4, -0.2) is 0 Å². The molecule has 0 atom stereocenters. The van der Waals surface area contributed by atoms with Crippen LogP contribution in [0.1, 0.15) is 26.7 Å². The summed E-state index contributed by atoms with van der Waals surface area (Å²) in [5, 5.41) is 17.2. The van der Waals surface area contributed by atoms with Crippen LogP contribution in [0, 0.1) is 28.1 Å². The molecular formula is C9H12N2. The number of rotatable bonds is 3. The topological polar surface area (TPSA) is 47.6 Å². The SMILES string of the molecule is CC=CCCC(C)(C#N)C#N. The fourth-order valence-electron chi connectivity index (χ4n) is 0.675. The van der Waals surface area contributed by atoms with E-state index in [0.29, 0.717) is 6.42 Å². The predicted molar refractivity (Wildman–Crippen MR) is 43.4 cm³/mol. The van der Waals surface area contributed by atoms with Crippen molar-refractivity contribution in [1.82, 2.24) is 0 Å². The van der Waals surface area contributed by atoms with Crippen LogP contribution < -0.4 is 0 Å². The summed E-state index contributed by atoms with van der Waals surface area (Å²) in [5.41, 5.74) is -0.806. The van der Waals surface area contributed by atoms with Crippen LogP contribution in [-0.2, 0) is 0 Å². The summed E-state index contributed by atoms with van der Waals surface area (Å²) in [6.45, 7) is 3.59. The molecular weight excluding hydrogens is 136 g/mol. The van der Waals surface area contributed by atoms with Crippen molar-refractivity contribution in [2.45, 2.75) is 26.7 Å². The predicted octanol–water partition coefficient (Wildman–Crippen LogP) is 2.40. The Morgan fingerprint density at radius 3 is 2.27 bits per heavy atom. The van der Waals surface area contributed by atoms with Gasteiger partial charge in [0.05, 0.1) is 12.1 Å². The normalized spacial score (nSPS) is 10.9. The van der Waals surface area contributed by atoms with Crippen molar-refractivity contribution in [2.75, 3.05) is 0 Å². The summed E-state index contributed by atoms with van der Waals surface area (Å²) < 4.78 is 0. The van der Waals surface area contributed by atoms with Crippen molar-refractivity contribution >= 4 is 0 Å². The molecule has 0 saturated heterocycles. The summed E-state index contributed by atoms with van der Waals surface area (Å²) in [4.78, 5) is 0. The van der Waals surface area contributed by atoms with Gasteiger partial charge in [-0.15, -0.1) is 0 Å². The highest BCUT2D eigenvalue weighted by atomic mass is 14.4. The molecule has 0 rings (SSSR count). The molecule has 2 heteroatoms. The third kappa shape index (κ3) is 3.43. The van der Waals surface area contributed by atoms with E-state index in [9.17, 15) is 0 Å². The molecule has 0 bridgehead atoms. The van der Waals surface area contributed by atoms with Crippen LogP contribution in [0.4, 0.5) is 0 Å².